The molecule has 1 amide bonds. The number of benzene rings is 2. The average molecular weight is 385 g/mol. The maximum Gasteiger partial charge on any atom is 0.412 e. The summed E-state index contributed by atoms with van der Waals surface area (Å²) in [4.78, 5) is 15.6. The van der Waals surface area contributed by atoms with Gasteiger partial charge in [-0.05, 0) is 43.4 Å². The maximum atomic E-state index is 12.3. The molecule has 0 saturated carbocycles. The predicted molar refractivity (Wildman–Crippen MR) is 110 cm³/mol. The molecule has 0 aliphatic carbocycles. The number of rotatable bonds is 3. The Morgan fingerprint density at radius 1 is 1.14 bits per heavy atom. The van der Waals surface area contributed by atoms with Crippen molar-refractivity contribution in [1.82, 2.24) is 10.1 Å². The van der Waals surface area contributed by atoms with Crippen LogP contribution in [-0.2, 0) is 4.74 Å². The lowest BCUT2D eigenvalue weighted by Gasteiger charge is -2.13. The Labute approximate surface area is 167 Å². The third kappa shape index (κ3) is 4.14. The van der Waals surface area contributed by atoms with E-state index in [2.05, 4.69) is 27.3 Å². The van der Waals surface area contributed by atoms with Crippen molar-refractivity contribution in [2.24, 2.45) is 0 Å². The van der Waals surface area contributed by atoms with E-state index in [4.69, 9.17) is 9.26 Å². The van der Waals surface area contributed by atoms with Gasteiger partial charge in [-0.1, -0.05) is 53.7 Å². The van der Waals surface area contributed by atoms with E-state index >= 15 is 0 Å². The highest BCUT2D eigenvalue weighted by molar-refractivity contribution is 5.87. The molecule has 0 fully saturated rings. The highest BCUT2D eigenvalue weighted by Gasteiger charge is 2.17. The third-order valence-corrected chi connectivity index (χ3v) is 4.48. The van der Waals surface area contributed by atoms with Gasteiger partial charge in [-0.2, -0.15) is 0 Å². The maximum absolute atomic E-state index is 12.3. The summed E-state index contributed by atoms with van der Waals surface area (Å²) in [6, 6.07) is 19.4. The van der Waals surface area contributed by atoms with Crippen LogP contribution in [0.1, 0.15) is 35.7 Å². The van der Waals surface area contributed by atoms with E-state index in [1.165, 1.54) is 0 Å². The molecular formula is C23H19N3O3. The smallest absolute Gasteiger partial charge is 0.412 e. The first kappa shape index (κ1) is 18.4. The zero-order valence-corrected chi connectivity index (χ0v) is 16.0. The molecule has 29 heavy (non-hydrogen) atoms. The third-order valence-electron chi connectivity index (χ3n) is 4.48. The molecule has 2 aromatic carbocycles. The average Bonchev–Trinajstić information content (AvgIpc) is 3.30. The summed E-state index contributed by atoms with van der Waals surface area (Å²) in [6.07, 6.45) is -0.987. The van der Waals surface area contributed by atoms with Crippen LogP contribution >= 0.6 is 0 Å². The van der Waals surface area contributed by atoms with Gasteiger partial charge in [-0.3, -0.25) is 5.32 Å². The number of aryl methyl sites for hydroxylation is 1. The monoisotopic (exact) mass is 385 g/mol. The molecule has 0 aliphatic heterocycles. The Balaban J connectivity index is 1.50. The fraction of sp³-hybridized carbons (Fsp3) is 0.130. The molecule has 144 valence electrons. The van der Waals surface area contributed by atoms with Crippen LogP contribution in [0, 0.1) is 18.8 Å². The minimum atomic E-state index is -0.596. The van der Waals surface area contributed by atoms with Crippen molar-refractivity contribution in [3.05, 3.63) is 83.4 Å². The molecule has 0 bridgehead atoms. The lowest BCUT2D eigenvalue weighted by molar-refractivity contribution is 0.121. The van der Waals surface area contributed by atoms with Crippen LogP contribution in [0.4, 0.5) is 10.5 Å². The van der Waals surface area contributed by atoms with E-state index in [1.54, 1.807) is 6.92 Å². The summed E-state index contributed by atoms with van der Waals surface area (Å²) in [7, 11) is 0. The van der Waals surface area contributed by atoms with Crippen molar-refractivity contribution in [3.63, 3.8) is 0 Å². The number of carbonyl (C=O) groups is 1. The number of carbonyl (C=O) groups excluding carboxylic acids is 1. The van der Waals surface area contributed by atoms with Crippen LogP contribution in [0.25, 0.3) is 10.9 Å². The standard InChI is InChI=1S/C23H19N3O3/c1-15-22(25-23(27)28-16(2)17-8-4-3-5-9-17)21(29-26-15)13-12-19-14-18-10-6-7-11-20(18)24-19/h3-11,14,16,24H,1-2H3,(H,25,27). The first-order valence-corrected chi connectivity index (χ1v) is 9.19. The van der Waals surface area contributed by atoms with Gasteiger partial charge in [0, 0.05) is 10.9 Å². The van der Waals surface area contributed by atoms with Gasteiger partial charge in [0.15, 0.2) is 0 Å². The number of aromatic amines is 1. The van der Waals surface area contributed by atoms with E-state index in [9.17, 15) is 4.79 Å². The Morgan fingerprint density at radius 3 is 2.69 bits per heavy atom. The normalized spacial score (nSPS) is 11.5. The molecule has 6 nitrogen and oxygen atoms in total. The Hall–Kier alpha value is -3.98. The number of fused-ring (bicyclic) bond motifs is 1. The molecule has 0 spiro atoms. The zero-order valence-electron chi connectivity index (χ0n) is 16.0. The Morgan fingerprint density at radius 2 is 1.90 bits per heavy atom. The Kier molecular flexibility index (Phi) is 5.04. The number of anilines is 1. The second kappa shape index (κ2) is 7.95. The van der Waals surface area contributed by atoms with Crippen molar-refractivity contribution in [2.45, 2.75) is 20.0 Å². The van der Waals surface area contributed by atoms with Gasteiger partial charge in [0.1, 0.15) is 17.5 Å². The Bertz CT molecular complexity index is 1180. The first-order chi connectivity index (χ1) is 14.1. The number of ether oxygens (including phenoxy) is 1. The molecule has 1 unspecified atom stereocenters. The molecule has 6 heteroatoms. The summed E-state index contributed by atoms with van der Waals surface area (Å²) >= 11 is 0. The summed E-state index contributed by atoms with van der Waals surface area (Å²) in [6.45, 7) is 3.54. The predicted octanol–water partition coefficient (Wildman–Crippen LogP) is 5.17. The highest BCUT2D eigenvalue weighted by atomic mass is 16.6. The number of H-pyrrole nitrogens is 1. The van der Waals surface area contributed by atoms with E-state index in [1.807, 2.05) is 67.6 Å². The number of para-hydroxylation sites is 1. The van der Waals surface area contributed by atoms with Gasteiger partial charge in [-0.25, -0.2) is 4.79 Å². The SMILES string of the molecule is Cc1noc(C#Cc2cc3ccccc3[nH]2)c1NC(=O)OC(C)c1ccccc1. The van der Waals surface area contributed by atoms with Crippen LogP contribution in [0.5, 0.6) is 0 Å². The van der Waals surface area contributed by atoms with Gasteiger partial charge >= 0.3 is 6.09 Å². The van der Waals surface area contributed by atoms with Crippen molar-refractivity contribution >= 4 is 22.7 Å². The molecule has 4 aromatic rings. The summed E-state index contributed by atoms with van der Waals surface area (Å²) in [5, 5.41) is 7.67. The molecule has 4 rings (SSSR count). The molecule has 1 atom stereocenters. The summed E-state index contributed by atoms with van der Waals surface area (Å²) < 4.78 is 10.7. The number of aromatic nitrogens is 2. The quantitative estimate of drug-likeness (QED) is 0.477. The summed E-state index contributed by atoms with van der Waals surface area (Å²) in [5.74, 6) is 6.20. The molecule has 2 aromatic heterocycles. The second-order valence-electron chi connectivity index (χ2n) is 6.58. The van der Waals surface area contributed by atoms with Crippen LogP contribution in [0.15, 0.2) is 65.2 Å². The molecule has 0 aliphatic rings. The molecule has 0 radical (unpaired) electrons. The fourth-order valence-electron chi connectivity index (χ4n) is 2.95. The van der Waals surface area contributed by atoms with Crippen molar-refractivity contribution in [2.75, 3.05) is 5.32 Å². The highest BCUT2D eigenvalue weighted by Crippen LogP contribution is 2.22. The molecule has 2 heterocycles. The largest absolute Gasteiger partial charge is 0.441 e. The van der Waals surface area contributed by atoms with Crippen molar-refractivity contribution < 1.29 is 14.1 Å². The topological polar surface area (TPSA) is 80.2 Å². The lowest BCUT2D eigenvalue weighted by atomic mass is 10.1. The van der Waals surface area contributed by atoms with E-state index in [0.717, 1.165) is 22.2 Å². The van der Waals surface area contributed by atoms with E-state index in [0.29, 0.717) is 11.4 Å². The van der Waals surface area contributed by atoms with Crippen LogP contribution in [0.3, 0.4) is 0 Å². The minimum absolute atomic E-state index is 0.269. The number of hydrogen-bond donors (Lipinski definition) is 2. The first-order valence-electron chi connectivity index (χ1n) is 9.19. The molecule has 0 saturated heterocycles. The van der Waals surface area contributed by atoms with Crippen molar-refractivity contribution in [3.8, 4) is 11.8 Å². The van der Waals surface area contributed by atoms with Gasteiger partial charge < -0.3 is 14.2 Å². The summed E-state index contributed by atoms with van der Waals surface area (Å²) in [5.41, 5.74) is 3.58. The number of nitrogens with one attached hydrogen (secondary N) is 2. The minimum Gasteiger partial charge on any atom is -0.441 e. The second-order valence-corrected chi connectivity index (χ2v) is 6.58. The lowest BCUT2D eigenvalue weighted by Crippen LogP contribution is -2.16. The van der Waals surface area contributed by atoms with Crippen LogP contribution in [-0.4, -0.2) is 16.2 Å². The van der Waals surface area contributed by atoms with Gasteiger partial charge in [-0.15, -0.1) is 0 Å². The number of hydrogen-bond acceptors (Lipinski definition) is 4. The van der Waals surface area contributed by atoms with E-state index < -0.39 is 12.2 Å². The molecular weight excluding hydrogens is 366 g/mol. The zero-order chi connectivity index (χ0) is 20.2. The fourth-order valence-corrected chi connectivity index (χ4v) is 2.95. The van der Waals surface area contributed by atoms with Gasteiger partial charge in [0.25, 0.3) is 0 Å². The van der Waals surface area contributed by atoms with Gasteiger partial charge in [0.2, 0.25) is 5.76 Å². The van der Waals surface area contributed by atoms with Gasteiger partial charge in [0.05, 0.1) is 5.69 Å². The number of nitrogens with zero attached hydrogens (tertiary/aromatic N) is 1. The van der Waals surface area contributed by atoms with E-state index in [-0.39, 0.29) is 5.76 Å². The van der Waals surface area contributed by atoms with Crippen molar-refractivity contribution in [1.29, 1.82) is 0 Å². The molecule has 2 N–H and O–H groups in total. The number of amides is 1. The van der Waals surface area contributed by atoms with Crippen LogP contribution in [0.2, 0.25) is 0 Å². The van der Waals surface area contributed by atoms with Crippen LogP contribution < -0.4 is 5.32 Å².